The third-order valence-corrected chi connectivity index (χ3v) is 4.85. The van der Waals surface area contributed by atoms with Gasteiger partial charge in [0.25, 0.3) is 5.91 Å². The van der Waals surface area contributed by atoms with E-state index in [0.717, 1.165) is 22.2 Å². The maximum atomic E-state index is 12.1. The minimum Gasteiger partial charge on any atom is -0.748 e. The molecule has 0 saturated carbocycles. The number of nitrogens with zero attached hydrogens (tertiary/aromatic N) is 1. The zero-order chi connectivity index (χ0) is 16.2. The fraction of sp³-hybridized carbons (Fsp3) is 0.143. The van der Waals surface area contributed by atoms with Gasteiger partial charge in [-0.2, -0.15) is 0 Å². The second kappa shape index (κ2) is 7.19. The van der Waals surface area contributed by atoms with Gasteiger partial charge in [-0.05, 0) is 11.6 Å². The average molecular weight is 354 g/mol. The summed E-state index contributed by atoms with van der Waals surface area (Å²) in [6, 6.07) is 9.57. The Hall–Kier alpha value is -1.48. The molecule has 0 N–H and O–H groups in total. The lowest BCUT2D eigenvalue weighted by molar-refractivity contribution is -0.122. The van der Waals surface area contributed by atoms with Gasteiger partial charge in [-0.1, -0.05) is 66.5 Å². The standard InChI is InChI=1S/C14H13NO4S3/c16-13-12(8-4-7-11-5-2-1-3-6-11)21-14(20)15(13)9-10-22(17,18)19/h1-8H,9-10H2,(H,17,18,19)/p-1/b7-4+,12-8+. The Morgan fingerprint density at radius 2 is 1.95 bits per heavy atom. The largest absolute Gasteiger partial charge is 0.748 e. The van der Waals surface area contributed by atoms with E-state index in [1.165, 1.54) is 0 Å². The highest BCUT2D eigenvalue weighted by Crippen LogP contribution is 2.30. The number of carbonyl (C=O) groups is 1. The van der Waals surface area contributed by atoms with E-state index in [1.807, 2.05) is 36.4 Å². The molecular formula is C14H12NO4S3-. The highest BCUT2D eigenvalue weighted by molar-refractivity contribution is 8.26. The smallest absolute Gasteiger partial charge is 0.266 e. The average Bonchev–Trinajstić information content (AvgIpc) is 2.72. The fourth-order valence-electron chi connectivity index (χ4n) is 1.72. The highest BCUT2D eigenvalue weighted by Gasteiger charge is 2.31. The van der Waals surface area contributed by atoms with E-state index in [9.17, 15) is 17.8 Å². The van der Waals surface area contributed by atoms with Crippen molar-refractivity contribution in [2.75, 3.05) is 12.3 Å². The summed E-state index contributed by atoms with van der Waals surface area (Å²) in [5.41, 5.74) is 0.992. The molecule has 1 saturated heterocycles. The minimum absolute atomic E-state index is 0.212. The molecule has 1 heterocycles. The van der Waals surface area contributed by atoms with Gasteiger partial charge < -0.3 is 4.55 Å². The molecule has 22 heavy (non-hydrogen) atoms. The monoisotopic (exact) mass is 354 g/mol. The number of thiocarbonyl (C=S) groups is 1. The Morgan fingerprint density at radius 1 is 1.27 bits per heavy atom. The molecule has 0 unspecified atom stereocenters. The number of benzene rings is 1. The van der Waals surface area contributed by atoms with E-state index < -0.39 is 15.9 Å². The lowest BCUT2D eigenvalue weighted by atomic mass is 10.2. The molecule has 0 radical (unpaired) electrons. The molecule has 1 aliphatic heterocycles. The lowest BCUT2D eigenvalue weighted by Crippen LogP contribution is -2.32. The third-order valence-electron chi connectivity index (χ3n) is 2.77. The first-order chi connectivity index (χ1) is 10.4. The van der Waals surface area contributed by atoms with Gasteiger partial charge in [0, 0.05) is 6.54 Å². The third kappa shape index (κ3) is 4.77. The Labute approximate surface area is 138 Å². The van der Waals surface area contributed by atoms with Crippen LogP contribution in [0.25, 0.3) is 6.08 Å². The molecule has 116 valence electrons. The van der Waals surface area contributed by atoms with E-state index in [1.54, 1.807) is 12.2 Å². The maximum Gasteiger partial charge on any atom is 0.266 e. The molecule has 0 aromatic heterocycles. The predicted molar refractivity (Wildman–Crippen MR) is 90.0 cm³/mol. The van der Waals surface area contributed by atoms with Crippen LogP contribution in [0.4, 0.5) is 0 Å². The number of amides is 1. The number of rotatable bonds is 5. The summed E-state index contributed by atoms with van der Waals surface area (Å²) in [6.45, 7) is -0.212. The van der Waals surface area contributed by atoms with Crippen LogP contribution in [-0.2, 0) is 14.9 Å². The zero-order valence-electron chi connectivity index (χ0n) is 11.3. The molecule has 1 amide bonds. The molecule has 5 nitrogen and oxygen atoms in total. The van der Waals surface area contributed by atoms with E-state index >= 15 is 0 Å². The van der Waals surface area contributed by atoms with Crippen LogP contribution in [0.5, 0.6) is 0 Å². The van der Waals surface area contributed by atoms with E-state index in [0.29, 0.717) is 4.91 Å². The summed E-state index contributed by atoms with van der Waals surface area (Å²) in [5, 5.41) is 0. The van der Waals surface area contributed by atoms with Crippen LogP contribution < -0.4 is 0 Å². The number of thioether (sulfide) groups is 1. The molecule has 1 aliphatic rings. The van der Waals surface area contributed by atoms with E-state index in [4.69, 9.17) is 12.2 Å². The van der Waals surface area contributed by atoms with Gasteiger partial charge in [-0.3, -0.25) is 9.69 Å². The van der Waals surface area contributed by atoms with Crippen molar-refractivity contribution in [1.82, 2.24) is 4.90 Å². The van der Waals surface area contributed by atoms with Crippen LogP contribution in [0.1, 0.15) is 5.56 Å². The highest BCUT2D eigenvalue weighted by atomic mass is 32.2. The molecule has 0 aliphatic carbocycles. The Bertz CT molecular complexity index is 739. The van der Waals surface area contributed by atoms with Crippen LogP contribution in [0, 0.1) is 0 Å². The first-order valence-corrected chi connectivity index (χ1v) is 9.08. The van der Waals surface area contributed by atoms with Gasteiger partial charge >= 0.3 is 0 Å². The Kier molecular flexibility index (Phi) is 5.52. The molecular weight excluding hydrogens is 342 g/mol. The molecule has 2 rings (SSSR count). The van der Waals surface area contributed by atoms with Crippen LogP contribution in [0.3, 0.4) is 0 Å². The first-order valence-electron chi connectivity index (χ1n) is 6.27. The molecule has 0 atom stereocenters. The molecule has 1 aromatic rings. The zero-order valence-corrected chi connectivity index (χ0v) is 13.8. The van der Waals surface area contributed by atoms with Gasteiger partial charge in [0.1, 0.15) is 4.32 Å². The molecule has 8 heteroatoms. The summed E-state index contributed by atoms with van der Waals surface area (Å²) >= 11 is 6.12. The second-order valence-corrected chi connectivity index (χ2v) is 7.59. The summed E-state index contributed by atoms with van der Waals surface area (Å²) < 4.78 is 32.2. The van der Waals surface area contributed by atoms with Gasteiger partial charge in [0.2, 0.25) is 0 Å². The van der Waals surface area contributed by atoms with E-state index in [2.05, 4.69) is 0 Å². The molecule has 1 aromatic carbocycles. The quantitative estimate of drug-likeness (QED) is 0.457. The predicted octanol–water partition coefficient (Wildman–Crippen LogP) is 1.99. The van der Waals surface area contributed by atoms with Crippen molar-refractivity contribution in [3.63, 3.8) is 0 Å². The summed E-state index contributed by atoms with van der Waals surface area (Å²) in [7, 11) is -4.38. The van der Waals surface area contributed by atoms with Crippen LogP contribution >= 0.6 is 24.0 Å². The van der Waals surface area contributed by atoms with Crippen molar-refractivity contribution in [2.45, 2.75) is 0 Å². The number of hydrogen-bond acceptors (Lipinski definition) is 6. The van der Waals surface area contributed by atoms with Gasteiger partial charge in [-0.25, -0.2) is 8.42 Å². The number of hydrogen-bond donors (Lipinski definition) is 0. The fourth-order valence-corrected chi connectivity index (χ4v) is 3.39. The Morgan fingerprint density at radius 3 is 2.59 bits per heavy atom. The first kappa shape index (κ1) is 16.9. The molecule has 0 spiro atoms. The van der Waals surface area contributed by atoms with Gasteiger partial charge in [-0.15, -0.1) is 0 Å². The van der Waals surface area contributed by atoms with Crippen LogP contribution in [-0.4, -0.2) is 40.4 Å². The van der Waals surface area contributed by atoms with Gasteiger partial charge in [0.15, 0.2) is 0 Å². The van der Waals surface area contributed by atoms with Crippen molar-refractivity contribution < 1.29 is 17.8 Å². The summed E-state index contributed by atoms with van der Waals surface area (Å²) in [5.74, 6) is -1.02. The number of allylic oxidation sites excluding steroid dienone is 2. The maximum absolute atomic E-state index is 12.1. The Balaban J connectivity index is 2.04. The van der Waals surface area contributed by atoms with Crippen molar-refractivity contribution in [2.24, 2.45) is 0 Å². The second-order valence-electron chi connectivity index (χ2n) is 4.39. The topological polar surface area (TPSA) is 77.5 Å². The molecule has 0 bridgehead atoms. The van der Waals surface area contributed by atoms with Crippen LogP contribution in [0.2, 0.25) is 0 Å². The van der Waals surface area contributed by atoms with Crippen molar-refractivity contribution in [3.8, 4) is 0 Å². The van der Waals surface area contributed by atoms with Gasteiger partial charge in [0.05, 0.1) is 20.8 Å². The van der Waals surface area contributed by atoms with Crippen LogP contribution in [0.15, 0.2) is 47.4 Å². The summed E-state index contributed by atoms with van der Waals surface area (Å²) in [4.78, 5) is 13.6. The number of carbonyl (C=O) groups excluding carboxylic acids is 1. The summed E-state index contributed by atoms with van der Waals surface area (Å²) in [6.07, 6.45) is 5.19. The SMILES string of the molecule is O=C1/C(=C\C=C\c2ccccc2)SC(=S)N1CCS(=O)(=O)[O-]. The minimum atomic E-state index is -4.38. The molecule has 1 fully saturated rings. The van der Waals surface area contributed by atoms with Crippen molar-refractivity contribution in [1.29, 1.82) is 0 Å². The van der Waals surface area contributed by atoms with E-state index in [-0.39, 0.29) is 16.8 Å². The normalized spacial score (nSPS) is 17.9. The lowest BCUT2D eigenvalue weighted by Gasteiger charge is -2.15. The van der Waals surface area contributed by atoms with Crippen molar-refractivity contribution >= 4 is 50.4 Å². The van der Waals surface area contributed by atoms with Crippen molar-refractivity contribution in [3.05, 3.63) is 53.0 Å².